The molecule has 2 aromatic carbocycles. The number of hydrogen-bond donors (Lipinski definition) is 2. The molecule has 0 radical (unpaired) electrons. The fraction of sp³-hybridized carbons (Fsp3) is 0.696. The highest BCUT2D eigenvalue weighted by atomic mass is 16.2. The van der Waals surface area contributed by atoms with Gasteiger partial charge in [0.15, 0.2) is 0 Å². The molecule has 2 heterocycles. The molecule has 6 fully saturated rings. The first-order chi connectivity index (χ1) is 25.5. The maximum Gasteiger partial charge on any atom is 0.224 e. The standard InChI is InChI=1S/C46H62N4O2/c51-43(47-35-15-13-33-25-41-37-11-1-3-19-45(37,39(33)27-35)21-23-49(41)29-31-7-5-8-31)17-18-44(52)48-36-16-14-34-26-42-38-12-2-4-20-46(38,40(34)28-36)22-24-50(42)30-32-9-6-10-32/h13-16,27-28,31-32,37-38,41-42H,1-12,17-26,29-30H2,(H,47,51)(H,48,52)/t37-,38-,41+,42+,45+,46+/m0/s1. The zero-order chi connectivity index (χ0) is 34.9. The van der Waals surface area contributed by atoms with Crippen LogP contribution < -0.4 is 10.6 Å². The summed E-state index contributed by atoms with van der Waals surface area (Å²) in [5.41, 5.74) is 8.43. The van der Waals surface area contributed by atoms with E-state index in [0.29, 0.717) is 12.1 Å². The van der Waals surface area contributed by atoms with Gasteiger partial charge in [0, 0.05) is 60.2 Å². The van der Waals surface area contributed by atoms with Crippen LogP contribution in [0.25, 0.3) is 0 Å². The molecule has 6 atom stereocenters. The molecule has 4 saturated carbocycles. The second-order valence-corrected chi connectivity index (χ2v) is 19.0. The molecule has 2 saturated heterocycles. The Bertz CT molecular complexity index is 1570. The lowest BCUT2D eigenvalue weighted by Crippen LogP contribution is -2.61. The smallest absolute Gasteiger partial charge is 0.224 e. The summed E-state index contributed by atoms with van der Waals surface area (Å²) in [6.45, 7) is 5.07. The number of nitrogens with one attached hydrogen (secondary N) is 2. The van der Waals surface area contributed by atoms with Crippen molar-refractivity contribution >= 4 is 23.2 Å². The van der Waals surface area contributed by atoms with Gasteiger partial charge in [0.1, 0.15) is 0 Å². The minimum Gasteiger partial charge on any atom is -0.326 e. The van der Waals surface area contributed by atoms with Crippen LogP contribution in [0.2, 0.25) is 0 Å². The summed E-state index contributed by atoms with van der Waals surface area (Å²) in [5.74, 6) is 3.21. The molecule has 278 valence electrons. The van der Waals surface area contributed by atoms with Crippen LogP contribution in [0.3, 0.4) is 0 Å². The summed E-state index contributed by atoms with van der Waals surface area (Å²) in [5, 5.41) is 6.42. The molecule has 52 heavy (non-hydrogen) atoms. The largest absolute Gasteiger partial charge is 0.326 e. The number of fused-ring (bicyclic) bond motifs is 2. The number of piperidine rings is 2. The van der Waals surface area contributed by atoms with Crippen LogP contribution in [0.4, 0.5) is 11.4 Å². The molecular weight excluding hydrogens is 641 g/mol. The van der Waals surface area contributed by atoms with E-state index in [1.807, 2.05) is 0 Å². The Hall–Kier alpha value is -2.70. The monoisotopic (exact) mass is 702 g/mol. The number of hydrogen-bond acceptors (Lipinski definition) is 4. The Kier molecular flexibility index (Phi) is 8.82. The van der Waals surface area contributed by atoms with Crippen molar-refractivity contribution in [2.75, 3.05) is 36.8 Å². The van der Waals surface area contributed by atoms with Crippen molar-refractivity contribution in [1.82, 2.24) is 9.80 Å². The molecule has 0 spiro atoms. The third kappa shape index (κ3) is 5.79. The van der Waals surface area contributed by atoms with Gasteiger partial charge in [-0.15, -0.1) is 0 Å². The van der Waals surface area contributed by atoms with E-state index < -0.39 is 0 Å². The number of benzene rings is 2. The van der Waals surface area contributed by atoms with Gasteiger partial charge in [-0.3, -0.25) is 19.4 Å². The third-order valence-electron chi connectivity index (χ3n) is 16.5. The quantitative estimate of drug-likeness (QED) is 0.274. The maximum atomic E-state index is 13.3. The van der Waals surface area contributed by atoms with Gasteiger partial charge in [-0.05, 0) is 160 Å². The van der Waals surface area contributed by atoms with Crippen molar-refractivity contribution in [2.24, 2.45) is 23.7 Å². The van der Waals surface area contributed by atoms with Crippen LogP contribution in [-0.4, -0.2) is 59.9 Å². The number of carbonyl (C=O) groups excluding carboxylic acids is 2. The number of amides is 2. The van der Waals surface area contributed by atoms with E-state index in [4.69, 9.17) is 0 Å². The molecule has 2 N–H and O–H groups in total. The molecule has 8 aliphatic rings. The molecule has 2 aromatic rings. The van der Waals surface area contributed by atoms with E-state index in [-0.39, 0.29) is 35.5 Å². The maximum absolute atomic E-state index is 13.3. The highest BCUT2D eigenvalue weighted by molar-refractivity contribution is 5.97. The van der Waals surface area contributed by atoms with E-state index in [2.05, 4.69) is 56.8 Å². The second-order valence-electron chi connectivity index (χ2n) is 19.0. The third-order valence-corrected chi connectivity index (χ3v) is 16.5. The molecule has 6 aliphatic carbocycles. The molecule has 0 unspecified atom stereocenters. The summed E-state index contributed by atoms with van der Waals surface area (Å²) in [7, 11) is 0. The number of carbonyl (C=O) groups is 2. The Morgan fingerprint density at radius 1 is 0.577 bits per heavy atom. The van der Waals surface area contributed by atoms with Crippen molar-refractivity contribution in [2.45, 2.75) is 151 Å². The van der Waals surface area contributed by atoms with Crippen LogP contribution in [-0.2, 0) is 33.3 Å². The lowest BCUT2D eigenvalue weighted by Gasteiger charge is -2.59. The summed E-state index contributed by atoms with van der Waals surface area (Å²) in [6, 6.07) is 14.9. The average molecular weight is 703 g/mol. The zero-order valence-corrected chi connectivity index (χ0v) is 31.6. The van der Waals surface area contributed by atoms with E-state index in [1.54, 1.807) is 0 Å². The molecule has 0 aromatic heterocycles. The Balaban J connectivity index is 0.785. The van der Waals surface area contributed by atoms with Gasteiger partial charge in [0.25, 0.3) is 0 Å². The summed E-state index contributed by atoms with van der Waals surface area (Å²) >= 11 is 0. The predicted molar refractivity (Wildman–Crippen MR) is 209 cm³/mol. The first-order valence-corrected chi connectivity index (χ1v) is 21.8. The Morgan fingerprint density at radius 3 is 1.46 bits per heavy atom. The van der Waals surface area contributed by atoms with Crippen LogP contribution in [0.15, 0.2) is 36.4 Å². The van der Waals surface area contributed by atoms with Gasteiger partial charge in [0.2, 0.25) is 11.8 Å². The van der Waals surface area contributed by atoms with E-state index in [0.717, 1.165) is 47.9 Å². The molecule has 4 bridgehead atoms. The summed E-state index contributed by atoms with van der Waals surface area (Å²) in [4.78, 5) is 32.4. The Labute approximate surface area is 312 Å². The van der Waals surface area contributed by atoms with Crippen LogP contribution in [0.1, 0.15) is 138 Å². The van der Waals surface area contributed by atoms with Crippen LogP contribution in [0.5, 0.6) is 0 Å². The molecular formula is C46H62N4O2. The first-order valence-electron chi connectivity index (χ1n) is 21.8. The van der Waals surface area contributed by atoms with Crippen molar-refractivity contribution < 1.29 is 9.59 Å². The normalized spacial score (nSPS) is 34.1. The highest BCUT2D eigenvalue weighted by Crippen LogP contribution is 2.58. The number of rotatable bonds is 9. The molecule has 2 aliphatic heterocycles. The lowest BCUT2D eigenvalue weighted by atomic mass is 9.52. The van der Waals surface area contributed by atoms with Crippen molar-refractivity contribution in [1.29, 1.82) is 0 Å². The molecule has 10 rings (SSSR count). The van der Waals surface area contributed by atoms with Crippen LogP contribution >= 0.6 is 0 Å². The van der Waals surface area contributed by atoms with Crippen LogP contribution in [0, 0.1) is 23.7 Å². The SMILES string of the molecule is O=C(CCC(=O)Nc1ccc2c(c1)[C@@]13CCCC[C@H]1[C@@H](C2)N(CC1CCC1)CC3)Nc1ccc2c(c1)[C@@]13CCCC[C@H]1[C@@H](C2)N(CC1CCC1)CC3. The second kappa shape index (κ2) is 13.6. The topological polar surface area (TPSA) is 64.7 Å². The van der Waals surface area contributed by atoms with Gasteiger partial charge in [0.05, 0.1) is 0 Å². The number of nitrogens with zero attached hydrogens (tertiary/aromatic N) is 2. The van der Waals surface area contributed by atoms with Crippen molar-refractivity contribution in [3.05, 3.63) is 58.7 Å². The summed E-state index contributed by atoms with van der Waals surface area (Å²) < 4.78 is 0. The van der Waals surface area contributed by atoms with Crippen molar-refractivity contribution in [3.63, 3.8) is 0 Å². The number of likely N-dealkylation sites (tertiary alicyclic amines) is 2. The lowest BCUT2D eigenvalue weighted by molar-refractivity contribution is -0.121. The molecule has 2 amide bonds. The fourth-order valence-electron chi connectivity index (χ4n) is 13.5. The van der Waals surface area contributed by atoms with Gasteiger partial charge in [-0.2, -0.15) is 0 Å². The fourth-order valence-corrected chi connectivity index (χ4v) is 13.5. The number of anilines is 2. The van der Waals surface area contributed by atoms with Gasteiger partial charge in [-0.25, -0.2) is 0 Å². The summed E-state index contributed by atoms with van der Waals surface area (Å²) in [6.07, 6.45) is 24.4. The van der Waals surface area contributed by atoms with E-state index >= 15 is 0 Å². The average Bonchev–Trinajstić information content (AvgIpc) is 3.12. The first kappa shape index (κ1) is 33.8. The molecule has 6 nitrogen and oxygen atoms in total. The zero-order valence-electron chi connectivity index (χ0n) is 31.6. The minimum atomic E-state index is -0.0640. The minimum absolute atomic E-state index is 0.0640. The van der Waals surface area contributed by atoms with E-state index in [9.17, 15) is 9.59 Å². The van der Waals surface area contributed by atoms with Gasteiger partial charge < -0.3 is 10.6 Å². The Morgan fingerprint density at radius 2 is 1.04 bits per heavy atom. The predicted octanol–water partition coefficient (Wildman–Crippen LogP) is 8.76. The van der Waals surface area contributed by atoms with Gasteiger partial charge in [-0.1, -0.05) is 50.7 Å². The molecule has 6 heteroatoms. The van der Waals surface area contributed by atoms with Gasteiger partial charge >= 0.3 is 0 Å². The van der Waals surface area contributed by atoms with Crippen molar-refractivity contribution in [3.8, 4) is 0 Å². The van der Waals surface area contributed by atoms with E-state index in [1.165, 1.54) is 151 Å². The highest BCUT2D eigenvalue weighted by Gasteiger charge is 2.55.